The second kappa shape index (κ2) is 7.17. The minimum Gasteiger partial charge on any atom is -0.497 e. The van der Waals surface area contributed by atoms with E-state index in [-0.39, 0.29) is 6.03 Å². The number of anilines is 2. The largest absolute Gasteiger partial charge is 0.497 e. The van der Waals surface area contributed by atoms with Crippen molar-refractivity contribution in [3.8, 4) is 5.75 Å². The van der Waals surface area contributed by atoms with E-state index in [0.29, 0.717) is 13.1 Å². The first-order valence-corrected chi connectivity index (χ1v) is 9.21. The van der Waals surface area contributed by atoms with Crippen LogP contribution in [0.2, 0.25) is 0 Å². The number of amides is 2. The molecule has 7 nitrogen and oxygen atoms in total. The average Bonchev–Trinajstić information content (AvgIpc) is 3.13. The molecule has 3 heterocycles. The molecule has 134 valence electrons. The molecule has 8 heteroatoms. The fourth-order valence-corrected chi connectivity index (χ4v) is 3.83. The molecule has 3 aromatic rings. The average molecular weight is 369 g/mol. The van der Waals surface area contributed by atoms with Crippen molar-refractivity contribution in [3.63, 3.8) is 0 Å². The second-order valence-corrected chi connectivity index (χ2v) is 6.91. The van der Waals surface area contributed by atoms with Gasteiger partial charge in [0, 0.05) is 38.1 Å². The third kappa shape index (κ3) is 3.41. The lowest BCUT2D eigenvalue weighted by atomic mass is 10.3. The smallest absolute Gasteiger partial charge is 0.321 e. The molecule has 1 N–H and O–H groups in total. The van der Waals surface area contributed by atoms with Crippen molar-refractivity contribution in [2.45, 2.75) is 0 Å². The van der Waals surface area contributed by atoms with Crippen LogP contribution in [0.5, 0.6) is 5.75 Å². The zero-order chi connectivity index (χ0) is 17.9. The molecule has 0 radical (unpaired) electrons. The number of carbonyl (C=O) groups excluding carboxylic acids is 1. The first kappa shape index (κ1) is 16.6. The number of carbonyl (C=O) groups is 1. The van der Waals surface area contributed by atoms with Crippen LogP contribution in [0.3, 0.4) is 0 Å². The second-order valence-electron chi connectivity index (χ2n) is 5.96. The summed E-state index contributed by atoms with van der Waals surface area (Å²) < 4.78 is 5.13. The highest BCUT2D eigenvalue weighted by Crippen LogP contribution is 2.27. The summed E-state index contributed by atoms with van der Waals surface area (Å²) in [5.74, 6) is 0.766. The van der Waals surface area contributed by atoms with Crippen LogP contribution in [-0.4, -0.2) is 54.2 Å². The topological polar surface area (TPSA) is 70.6 Å². The maximum atomic E-state index is 12.4. The molecule has 0 aliphatic carbocycles. The first-order valence-electron chi connectivity index (χ1n) is 8.39. The summed E-state index contributed by atoms with van der Waals surface area (Å²) in [6, 6.07) is 11.1. The Kier molecular flexibility index (Phi) is 4.57. The number of hydrogen-bond donors (Lipinski definition) is 1. The van der Waals surface area contributed by atoms with Gasteiger partial charge in [0.1, 0.15) is 16.1 Å². The van der Waals surface area contributed by atoms with Gasteiger partial charge in [-0.2, -0.15) is 0 Å². The zero-order valence-corrected chi connectivity index (χ0v) is 15.2. The van der Waals surface area contributed by atoms with Crippen molar-refractivity contribution in [2.75, 3.05) is 43.5 Å². The predicted octanol–water partition coefficient (Wildman–Crippen LogP) is 3.05. The molecule has 0 bridgehead atoms. The van der Waals surface area contributed by atoms with Crippen LogP contribution in [0, 0.1) is 0 Å². The molecule has 0 unspecified atom stereocenters. The summed E-state index contributed by atoms with van der Waals surface area (Å²) in [7, 11) is 1.62. The third-order valence-corrected chi connectivity index (χ3v) is 5.37. The van der Waals surface area contributed by atoms with E-state index in [2.05, 4.69) is 20.2 Å². The monoisotopic (exact) mass is 369 g/mol. The summed E-state index contributed by atoms with van der Waals surface area (Å²) in [4.78, 5) is 26.4. The Bertz CT molecular complexity index is 870. The lowest BCUT2D eigenvalue weighted by Gasteiger charge is -2.34. The van der Waals surface area contributed by atoms with E-state index in [9.17, 15) is 4.79 Å². The van der Waals surface area contributed by atoms with Gasteiger partial charge in [-0.05, 0) is 36.4 Å². The molecule has 26 heavy (non-hydrogen) atoms. The van der Waals surface area contributed by atoms with Crippen molar-refractivity contribution >= 4 is 38.5 Å². The standard InChI is InChI=1S/C18H19N5O2S/c1-25-14-6-4-13(5-7-14)20-17(24)22-9-11-23(12-10-22)18-21-15-3-2-8-19-16(15)26-18/h2-8H,9-12H2,1H3,(H,20,24). The van der Waals surface area contributed by atoms with Crippen molar-refractivity contribution in [1.82, 2.24) is 14.9 Å². The summed E-state index contributed by atoms with van der Waals surface area (Å²) in [5.41, 5.74) is 1.68. The molecule has 1 fully saturated rings. The number of benzene rings is 1. The maximum Gasteiger partial charge on any atom is 0.321 e. The van der Waals surface area contributed by atoms with Crippen LogP contribution in [0.25, 0.3) is 10.3 Å². The molecule has 0 spiro atoms. The number of methoxy groups -OCH3 is 1. The van der Waals surface area contributed by atoms with E-state index in [4.69, 9.17) is 4.74 Å². The number of nitrogens with zero attached hydrogens (tertiary/aromatic N) is 4. The SMILES string of the molecule is COc1ccc(NC(=O)N2CCN(c3nc4cccnc4s3)CC2)cc1. The van der Waals surface area contributed by atoms with E-state index in [1.807, 2.05) is 41.3 Å². The van der Waals surface area contributed by atoms with Crippen molar-refractivity contribution in [3.05, 3.63) is 42.6 Å². The van der Waals surface area contributed by atoms with Gasteiger partial charge in [0.2, 0.25) is 0 Å². The molecule has 1 saturated heterocycles. The Labute approximate surface area is 155 Å². The number of pyridine rings is 1. The van der Waals surface area contributed by atoms with E-state index < -0.39 is 0 Å². The van der Waals surface area contributed by atoms with Gasteiger partial charge < -0.3 is 19.9 Å². The van der Waals surface area contributed by atoms with Gasteiger partial charge in [-0.25, -0.2) is 14.8 Å². The Balaban J connectivity index is 1.35. The van der Waals surface area contributed by atoms with Crippen LogP contribution in [0.15, 0.2) is 42.6 Å². The van der Waals surface area contributed by atoms with Crippen LogP contribution in [-0.2, 0) is 0 Å². The quantitative estimate of drug-likeness (QED) is 0.768. The van der Waals surface area contributed by atoms with Crippen LogP contribution < -0.4 is 15.0 Å². The lowest BCUT2D eigenvalue weighted by Crippen LogP contribution is -2.50. The lowest BCUT2D eigenvalue weighted by molar-refractivity contribution is 0.208. The van der Waals surface area contributed by atoms with Crippen LogP contribution in [0.1, 0.15) is 0 Å². The van der Waals surface area contributed by atoms with Crippen molar-refractivity contribution < 1.29 is 9.53 Å². The zero-order valence-electron chi connectivity index (χ0n) is 14.4. The fraction of sp³-hybridized carbons (Fsp3) is 0.278. The van der Waals surface area contributed by atoms with Gasteiger partial charge in [-0.15, -0.1) is 0 Å². The number of rotatable bonds is 3. The highest BCUT2D eigenvalue weighted by atomic mass is 32.1. The number of aromatic nitrogens is 2. The third-order valence-electron chi connectivity index (χ3n) is 4.33. The van der Waals surface area contributed by atoms with E-state index in [0.717, 1.165) is 40.0 Å². The number of hydrogen-bond acceptors (Lipinski definition) is 6. The van der Waals surface area contributed by atoms with E-state index in [1.54, 1.807) is 24.6 Å². The number of ether oxygens (including phenoxy) is 1. The number of fused-ring (bicyclic) bond motifs is 1. The first-order chi connectivity index (χ1) is 12.7. The molecule has 1 aliphatic rings. The molecule has 0 atom stereocenters. The molecular weight excluding hydrogens is 350 g/mol. The highest BCUT2D eigenvalue weighted by molar-refractivity contribution is 7.21. The molecule has 1 aromatic carbocycles. The fourth-order valence-electron chi connectivity index (χ4n) is 2.87. The minimum atomic E-state index is -0.0826. The van der Waals surface area contributed by atoms with Gasteiger partial charge in [-0.1, -0.05) is 11.3 Å². The Morgan fingerprint density at radius 3 is 2.62 bits per heavy atom. The van der Waals surface area contributed by atoms with E-state index in [1.165, 1.54) is 0 Å². The maximum absolute atomic E-state index is 12.4. The van der Waals surface area contributed by atoms with Crippen LogP contribution in [0.4, 0.5) is 15.6 Å². The summed E-state index contributed by atoms with van der Waals surface area (Å²) in [6.07, 6.45) is 1.78. The number of nitrogens with one attached hydrogen (secondary N) is 1. The Morgan fingerprint density at radius 2 is 1.92 bits per heavy atom. The molecule has 4 rings (SSSR count). The minimum absolute atomic E-state index is 0.0826. The Hall–Kier alpha value is -2.87. The Morgan fingerprint density at radius 1 is 1.15 bits per heavy atom. The van der Waals surface area contributed by atoms with Gasteiger partial charge >= 0.3 is 6.03 Å². The van der Waals surface area contributed by atoms with E-state index >= 15 is 0 Å². The highest BCUT2D eigenvalue weighted by Gasteiger charge is 2.23. The van der Waals surface area contributed by atoms with Crippen LogP contribution >= 0.6 is 11.3 Å². The van der Waals surface area contributed by atoms with Crippen molar-refractivity contribution in [2.24, 2.45) is 0 Å². The molecular formula is C18H19N5O2S. The number of piperazine rings is 1. The molecule has 2 amide bonds. The van der Waals surface area contributed by atoms with Gasteiger partial charge in [0.25, 0.3) is 0 Å². The van der Waals surface area contributed by atoms with Gasteiger partial charge in [0.15, 0.2) is 5.13 Å². The molecule has 2 aromatic heterocycles. The number of thiazole rings is 1. The van der Waals surface area contributed by atoms with Crippen molar-refractivity contribution in [1.29, 1.82) is 0 Å². The summed E-state index contributed by atoms with van der Waals surface area (Å²) >= 11 is 1.59. The van der Waals surface area contributed by atoms with Gasteiger partial charge in [0.05, 0.1) is 7.11 Å². The number of urea groups is 1. The molecule has 0 saturated carbocycles. The summed E-state index contributed by atoms with van der Waals surface area (Å²) in [5, 5.41) is 3.90. The predicted molar refractivity (Wildman–Crippen MR) is 103 cm³/mol. The van der Waals surface area contributed by atoms with Gasteiger partial charge in [-0.3, -0.25) is 0 Å². The summed E-state index contributed by atoms with van der Waals surface area (Å²) in [6.45, 7) is 2.84. The molecule has 1 aliphatic heterocycles. The normalized spacial score (nSPS) is 14.5.